The van der Waals surface area contributed by atoms with Crippen LogP contribution in [0.15, 0.2) is 18.2 Å². The maximum Gasteiger partial charge on any atom is 0.119 e. The summed E-state index contributed by atoms with van der Waals surface area (Å²) in [5, 5.41) is 0. The summed E-state index contributed by atoms with van der Waals surface area (Å²) in [5.74, 6) is 2.15. The van der Waals surface area contributed by atoms with E-state index in [1.165, 1.54) is 17.5 Å². The molecule has 0 amide bonds. The summed E-state index contributed by atoms with van der Waals surface area (Å²) in [4.78, 5) is 0. The normalized spacial score (nSPS) is 22.9. The molecule has 1 fully saturated rings. The van der Waals surface area contributed by atoms with Gasteiger partial charge in [-0.3, -0.25) is 0 Å². The lowest BCUT2D eigenvalue weighted by Crippen LogP contribution is -2.07. The van der Waals surface area contributed by atoms with Gasteiger partial charge in [0, 0.05) is 0 Å². The average molecular weight is 276 g/mol. The molecule has 1 saturated heterocycles. The quantitative estimate of drug-likeness (QED) is 0.673. The molecule has 1 aliphatic rings. The highest BCUT2D eigenvalue weighted by Gasteiger charge is 2.36. The van der Waals surface area contributed by atoms with Gasteiger partial charge in [0.2, 0.25) is 0 Å². The first-order valence-electron chi connectivity index (χ1n) is 7.90. The van der Waals surface area contributed by atoms with Crippen LogP contribution in [0.1, 0.15) is 57.6 Å². The van der Waals surface area contributed by atoms with Crippen molar-refractivity contribution in [3.8, 4) is 5.75 Å². The van der Waals surface area contributed by atoms with Crippen LogP contribution in [0, 0.1) is 12.8 Å². The Morgan fingerprint density at radius 3 is 2.50 bits per heavy atom. The first-order chi connectivity index (χ1) is 9.51. The molecule has 0 aromatic heterocycles. The van der Waals surface area contributed by atoms with Crippen molar-refractivity contribution >= 4 is 0 Å². The van der Waals surface area contributed by atoms with Gasteiger partial charge in [0.25, 0.3) is 0 Å². The first-order valence-corrected chi connectivity index (χ1v) is 7.90. The fourth-order valence-electron chi connectivity index (χ4n) is 2.73. The van der Waals surface area contributed by atoms with E-state index in [0.29, 0.717) is 24.0 Å². The van der Waals surface area contributed by atoms with Crippen LogP contribution >= 0.6 is 0 Å². The monoisotopic (exact) mass is 276 g/mol. The van der Waals surface area contributed by atoms with Gasteiger partial charge in [0.1, 0.15) is 5.75 Å². The minimum atomic E-state index is 0.456. The SMILES string of the molecule is CCC(CC1OC1C)c1ccc(OCC(C)C)cc1C. The Balaban J connectivity index is 2.03. The average Bonchev–Trinajstić information content (AvgIpc) is 3.10. The van der Waals surface area contributed by atoms with E-state index in [-0.39, 0.29) is 0 Å². The van der Waals surface area contributed by atoms with Gasteiger partial charge in [-0.15, -0.1) is 0 Å². The van der Waals surface area contributed by atoms with Gasteiger partial charge in [-0.1, -0.05) is 26.8 Å². The molecule has 112 valence electrons. The zero-order valence-corrected chi connectivity index (χ0v) is 13.5. The van der Waals surface area contributed by atoms with E-state index >= 15 is 0 Å². The number of epoxide rings is 1. The van der Waals surface area contributed by atoms with Crippen molar-refractivity contribution in [1.29, 1.82) is 0 Å². The molecule has 2 heteroatoms. The van der Waals surface area contributed by atoms with Gasteiger partial charge in [-0.2, -0.15) is 0 Å². The Morgan fingerprint density at radius 1 is 1.30 bits per heavy atom. The second-order valence-corrected chi connectivity index (χ2v) is 6.44. The van der Waals surface area contributed by atoms with Crippen LogP contribution in [-0.4, -0.2) is 18.8 Å². The smallest absolute Gasteiger partial charge is 0.119 e. The number of benzene rings is 1. The Bertz CT molecular complexity index is 439. The second kappa shape index (κ2) is 6.62. The largest absolute Gasteiger partial charge is 0.493 e. The minimum absolute atomic E-state index is 0.456. The van der Waals surface area contributed by atoms with E-state index in [0.717, 1.165) is 18.8 Å². The molecule has 1 heterocycles. The molecule has 1 aliphatic heterocycles. The van der Waals surface area contributed by atoms with Gasteiger partial charge in [-0.05, 0) is 61.8 Å². The van der Waals surface area contributed by atoms with Crippen molar-refractivity contribution in [2.24, 2.45) is 5.92 Å². The van der Waals surface area contributed by atoms with Crippen LogP contribution in [0.5, 0.6) is 5.75 Å². The lowest BCUT2D eigenvalue weighted by atomic mass is 9.88. The van der Waals surface area contributed by atoms with E-state index in [1.807, 2.05) is 0 Å². The molecule has 2 nitrogen and oxygen atoms in total. The van der Waals surface area contributed by atoms with Crippen molar-refractivity contribution in [2.75, 3.05) is 6.61 Å². The maximum absolute atomic E-state index is 5.80. The summed E-state index contributed by atoms with van der Waals surface area (Å²) in [6.07, 6.45) is 3.24. The lowest BCUT2D eigenvalue weighted by molar-refractivity contribution is 0.271. The summed E-state index contributed by atoms with van der Waals surface area (Å²) in [6.45, 7) is 11.7. The summed E-state index contributed by atoms with van der Waals surface area (Å²) in [5.41, 5.74) is 2.79. The number of ether oxygens (including phenoxy) is 2. The van der Waals surface area contributed by atoms with Crippen LogP contribution in [0.2, 0.25) is 0 Å². The summed E-state index contributed by atoms with van der Waals surface area (Å²) in [7, 11) is 0. The van der Waals surface area contributed by atoms with Crippen molar-refractivity contribution in [1.82, 2.24) is 0 Å². The predicted molar refractivity (Wildman–Crippen MR) is 83.5 cm³/mol. The molecular weight excluding hydrogens is 248 g/mol. The fourth-order valence-corrected chi connectivity index (χ4v) is 2.73. The van der Waals surface area contributed by atoms with E-state index < -0.39 is 0 Å². The van der Waals surface area contributed by atoms with E-state index in [2.05, 4.69) is 52.8 Å². The van der Waals surface area contributed by atoms with Gasteiger partial charge in [-0.25, -0.2) is 0 Å². The van der Waals surface area contributed by atoms with E-state index in [9.17, 15) is 0 Å². The fraction of sp³-hybridized carbons (Fsp3) is 0.667. The maximum atomic E-state index is 5.80. The molecule has 3 atom stereocenters. The Kier molecular flexibility index (Phi) is 5.09. The highest BCUT2D eigenvalue weighted by Crippen LogP contribution is 2.36. The molecule has 0 radical (unpaired) electrons. The van der Waals surface area contributed by atoms with Gasteiger partial charge in [0.05, 0.1) is 18.8 Å². The van der Waals surface area contributed by atoms with Crippen LogP contribution in [0.3, 0.4) is 0 Å². The molecule has 3 unspecified atom stereocenters. The highest BCUT2D eigenvalue weighted by molar-refractivity contribution is 5.37. The zero-order chi connectivity index (χ0) is 14.7. The van der Waals surface area contributed by atoms with Crippen molar-refractivity contribution in [2.45, 2.75) is 65.6 Å². The number of hydrogen-bond acceptors (Lipinski definition) is 2. The Hall–Kier alpha value is -1.02. The van der Waals surface area contributed by atoms with Crippen molar-refractivity contribution in [3.05, 3.63) is 29.3 Å². The molecule has 0 aliphatic carbocycles. The number of hydrogen-bond donors (Lipinski definition) is 0. The van der Waals surface area contributed by atoms with Crippen LogP contribution < -0.4 is 4.74 Å². The third-order valence-corrected chi connectivity index (χ3v) is 4.11. The van der Waals surface area contributed by atoms with Gasteiger partial charge < -0.3 is 9.47 Å². The van der Waals surface area contributed by atoms with E-state index in [4.69, 9.17) is 9.47 Å². The van der Waals surface area contributed by atoms with Gasteiger partial charge in [0.15, 0.2) is 0 Å². The first kappa shape index (κ1) is 15.4. The molecule has 1 aromatic rings. The highest BCUT2D eigenvalue weighted by atomic mass is 16.6. The zero-order valence-electron chi connectivity index (χ0n) is 13.5. The Morgan fingerprint density at radius 2 is 2.00 bits per heavy atom. The molecule has 0 N–H and O–H groups in total. The van der Waals surface area contributed by atoms with Crippen molar-refractivity contribution in [3.63, 3.8) is 0 Å². The molecule has 20 heavy (non-hydrogen) atoms. The van der Waals surface area contributed by atoms with Gasteiger partial charge >= 0.3 is 0 Å². The van der Waals surface area contributed by atoms with Crippen LogP contribution in [0.25, 0.3) is 0 Å². The standard InChI is InChI=1S/C18H28O2/c1-6-15(10-18-14(5)20-18)17-8-7-16(9-13(17)4)19-11-12(2)3/h7-9,12,14-15,18H,6,10-11H2,1-5H3. The molecule has 1 aromatic carbocycles. The summed E-state index contributed by atoms with van der Waals surface area (Å²) in [6, 6.07) is 6.54. The molecule has 0 bridgehead atoms. The number of aryl methyl sites for hydroxylation is 1. The molecule has 2 rings (SSSR count). The number of rotatable bonds is 7. The molecule has 0 spiro atoms. The minimum Gasteiger partial charge on any atom is -0.493 e. The van der Waals surface area contributed by atoms with Crippen LogP contribution in [0.4, 0.5) is 0 Å². The summed E-state index contributed by atoms with van der Waals surface area (Å²) < 4.78 is 11.4. The lowest BCUT2D eigenvalue weighted by Gasteiger charge is -2.18. The predicted octanol–water partition coefficient (Wildman–Crippen LogP) is 4.70. The van der Waals surface area contributed by atoms with E-state index in [1.54, 1.807) is 0 Å². The van der Waals surface area contributed by atoms with Crippen molar-refractivity contribution < 1.29 is 9.47 Å². The third kappa shape index (κ3) is 3.99. The van der Waals surface area contributed by atoms with Crippen LogP contribution in [-0.2, 0) is 4.74 Å². The second-order valence-electron chi connectivity index (χ2n) is 6.44. The third-order valence-electron chi connectivity index (χ3n) is 4.11. The summed E-state index contributed by atoms with van der Waals surface area (Å²) >= 11 is 0. The topological polar surface area (TPSA) is 21.8 Å². The Labute approximate surface area is 123 Å². The molecular formula is C18H28O2. The molecule has 0 saturated carbocycles.